The first-order valence-electron chi connectivity index (χ1n) is 13.6. The van der Waals surface area contributed by atoms with Crippen molar-refractivity contribution in [2.75, 3.05) is 20.3 Å². The van der Waals surface area contributed by atoms with Crippen molar-refractivity contribution in [3.63, 3.8) is 0 Å². The van der Waals surface area contributed by atoms with Crippen molar-refractivity contribution in [1.29, 1.82) is 0 Å². The van der Waals surface area contributed by atoms with E-state index in [9.17, 15) is 24.6 Å². The van der Waals surface area contributed by atoms with Gasteiger partial charge in [0.15, 0.2) is 18.5 Å². The molecule has 40 heavy (non-hydrogen) atoms. The molecule has 10 nitrogen and oxygen atoms in total. The summed E-state index contributed by atoms with van der Waals surface area (Å²) in [7, 11) is 1.38. The van der Waals surface area contributed by atoms with Crippen LogP contribution in [0, 0.1) is 0 Å². The van der Waals surface area contributed by atoms with Gasteiger partial charge in [-0.05, 0) is 37.1 Å². The van der Waals surface area contributed by atoms with Crippen LogP contribution in [0.1, 0.15) is 65.7 Å². The lowest BCUT2D eigenvalue weighted by atomic mass is 9.98. The Morgan fingerprint density at radius 3 is 1.85 bits per heavy atom. The quantitative estimate of drug-likeness (QED) is 0.190. The van der Waals surface area contributed by atoms with Crippen LogP contribution in [0.2, 0.25) is 0 Å². The second-order valence-electron chi connectivity index (χ2n) is 9.51. The van der Waals surface area contributed by atoms with E-state index in [1.807, 2.05) is 0 Å². The first-order valence-corrected chi connectivity index (χ1v) is 13.6. The smallest absolute Gasteiger partial charge is 0.338 e. The average molecular weight is 559 g/mol. The predicted octanol–water partition coefficient (Wildman–Crippen LogP) is 3.44. The van der Waals surface area contributed by atoms with Gasteiger partial charge in [-0.3, -0.25) is 4.79 Å². The number of unbranched alkanes of at least 4 members (excludes halogenated alkanes) is 5. The number of carbonyl (C=O) groups is 3. The van der Waals surface area contributed by atoms with Crippen molar-refractivity contribution in [3.05, 3.63) is 71.8 Å². The molecule has 1 fully saturated rings. The van der Waals surface area contributed by atoms with E-state index in [1.54, 1.807) is 60.7 Å². The molecule has 3 rings (SSSR count). The Labute approximate surface area is 234 Å². The minimum absolute atomic E-state index is 0.206. The molecule has 0 saturated carbocycles. The van der Waals surface area contributed by atoms with E-state index in [2.05, 4.69) is 4.74 Å². The van der Waals surface area contributed by atoms with Crippen LogP contribution < -0.4 is 0 Å². The fraction of sp³-hybridized carbons (Fsp3) is 0.500. The Bertz CT molecular complexity index is 1040. The van der Waals surface area contributed by atoms with Crippen LogP contribution >= 0.6 is 0 Å². The standard InChI is InChI=1S/C30H38O10/c1-36-24(32)18-12-4-2-3-5-13-19-37-30-27(40-29(35)22-16-10-7-11-17-22)26(25(33)23(20-31)38-30)39-28(34)21-14-8-6-9-15-21/h6-11,14-17,23,25-27,30-31,33H,2-5,12-13,18-20H2,1H3/t23-,25+,26+,27-,30+/m1/s1. The summed E-state index contributed by atoms with van der Waals surface area (Å²) in [5.41, 5.74) is 0.513. The first-order chi connectivity index (χ1) is 19.4. The van der Waals surface area contributed by atoms with E-state index in [0.717, 1.165) is 32.1 Å². The molecule has 1 aliphatic heterocycles. The minimum atomic E-state index is -1.48. The molecule has 1 heterocycles. The Morgan fingerprint density at radius 1 is 0.775 bits per heavy atom. The second-order valence-corrected chi connectivity index (χ2v) is 9.51. The SMILES string of the molecule is COC(=O)CCCCCCCCO[C@H]1O[C@H](CO)[C@H](O)[C@H](OC(=O)c2ccccc2)[C@H]1OC(=O)c1ccccc1. The van der Waals surface area contributed by atoms with Crippen molar-refractivity contribution in [3.8, 4) is 0 Å². The van der Waals surface area contributed by atoms with Gasteiger partial charge in [0.05, 0.1) is 24.8 Å². The highest BCUT2D eigenvalue weighted by atomic mass is 16.7. The molecule has 5 atom stereocenters. The number of hydrogen-bond donors (Lipinski definition) is 2. The van der Waals surface area contributed by atoms with Crippen LogP contribution in [0.25, 0.3) is 0 Å². The van der Waals surface area contributed by atoms with Crippen LogP contribution in [0.4, 0.5) is 0 Å². The van der Waals surface area contributed by atoms with Gasteiger partial charge in [-0.15, -0.1) is 0 Å². The highest BCUT2D eigenvalue weighted by molar-refractivity contribution is 5.90. The molecule has 10 heteroatoms. The number of ether oxygens (including phenoxy) is 5. The van der Waals surface area contributed by atoms with E-state index in [-0.39, 0.29) is 23.7 Å². The molecule has 1 saturated heterocycles. The Morgan fingerprint density at radius 2 is 1.30 bits per heavy atom. The molecule has 0 bridgehead atoms. The van der Waals surface area contributed by atoms with Crippen LogP contribution in [-0.4, -0.2) is 79.2 Å². The monoisotopic (exact) mass is 558 g/mol. The summed E-state index contributed by atoms with van der Waals surface area (Å²) >= 11 is 0. The summed E-state index contributed by atoms with van der Waals surface area (Å²) < 4.78 is 27.7. The number of benzene rings is 2. The Balaban J connectivity index is 1.64. The lowest BCUT2D eigenvalue weighted by molar-refractivity contribution is -0.299. The van der Waals surface area contributed by atoms with Gasteiger partial charge in [0, 0.05) is 13.0 Å². The number of rotatable bonds is 15. The van der Waals surface area contributed by atoms with Crippen LogP contribution in [0.3, 0.4) is 0 Å². The zero-order valence-electron chi connectivity index (χ0n) is 22.7. The third kappa shape index (κ3) is 9.41. The first kappa shape index (κ1) is 31.2. The molecule has 1 aliphatic rings. The van der Waals surface area contributed by atoms with Crippen LogP contribution in [0.15, 0.2) is 60.7 Å². The van der Waals surface area contributed by atoms with Gasteiger partial charge in [-0.2, -0.15) is 0 Å². The normalized spacial score (nSPS) is 22.3. The van der Waals surface area contributed by atoms with Gasteiger partial charge in [0.2, 0.25) is 0 Å². The van der Waals surface area contributed by atoms with E-state index < -0.39 is 49.3 Å². The van der Waals surface area contributed by atoms with Gasteiger partial charge in [-0.1, -0.05) is 62.1 Å². The largest absolute Gasteiger partial charge is 0.469 e. The van der Waals surface area contributed by atoms with Crippen LogP contribution in [-0.2, 0) is 28.5 Å². The number of aliphatic hydroxyl groups is 2. The Kier molecular flexibility index (Phi) is 13.0. The number of hydrogen-bond acceptors (Lipinski definition) is 10. The predicted molar refractivity (Wildman–Crippen MR) is 143 cm³/mol. The van der Waals surface area contributed by atoms with E-state index in [0.29, 0.717) is 12.8 Å². The second kappa shape index (κ2) is 16.7. The summed E-state index contributed by atoms with van der Waals surface area (Å²) in [6, 6.07) is 16.5. The third-order valence-corrected chi connectivity index (χ3v) is 6.59. The lowest BCUT2D eigenvalue weighted by Gasteiger charge is -2.42. The lowest BCUT2D eigenvalue weighted by Crippen LogP contribution is -2.61. The zero-order valence-corrected chi connectivity index (χ0v) is 22.7. The molecule has 0 amide bonds. The maximum Gasteiger partial charge on any atom is 0.338 e. The van der Waals surface area contributed by atoms with Crippen molar-refractivity contribution in [2.45, 2.75) is 75.7 Å². The minimum Gasteiger partial charge on any atom is -0.469 e. The number of methoxy groups -OCH3 is 1. The molecule has 218 valence electrons. The number of aliphatic hydroxyl groups excluding tert-OH is 2. The van der Waals surface area contributed by atoms with Crippen molar-refractivity contribution in [2.24, 2.45) is 0 Å². The van der Waals surface area contributed by atoms with E-state index >= 15 is 0 Å². The average Bonchev–Trinajstić information content (AvgIpc) is 2.99. The number of esters is 3. The molecule has 2 aromatic carbocycles. The topological polar surface area (TPSA) is 138 Å². The van der Waals surface area contributed by atoms with Gasteiger partial charge < -0.3 is 33.9 Å². The summed E-state index contributed by atoms with van der Waals surface area (Å²) in [4.78, 5) is 37.0. The fourth-order valence-corrected chi connectivity index (χ4v) is 4.35. The maximum absolute atomic E-state index is 12.9. The van der Waals surface area contributed by atoms with Gasteiger partial charge in [-0.25, -0.2) is 9.59 Å². The number of carbonyl (C=O) groups excluding carboxylic acids is 3. The molecular formula is C30H38O10. The van der Waals surface area contributed by atoms with E-state index in [4.69, 9.17) is 18.9 Å². The molecule has 0 unspecified atom stereocenters. The van der Waals surface area contributed by atoms with Crippen LogP contribution in [0.5, 0.6) is 0 Å². The molecule has 0 spiro atoms. The van der Waals surface area contributed by atoms with Gasteiger partial charge >= 0.3 is 17.9 Å². The summed E-state index contributed by atoms with van der Waals surface area (Å²) in [6.07, 6.45) is -0.890. The fourth-order valence-electron chi connectivity index (χ4n) is 4.35. The molecule has 0 radical (unpaired) electrons. The summed E-state index contributed by atoms with van der Waals surface area (Å²) in [5, 5.41) is 20.8. The summed E-state index contributed by atoms with van der Waals surface area (Å²) in [5.74, 6) is -1.64. The molecule has 0 aliphatic carbocycles. The zero-order chi connectivity index (χ0) is 28.7. The summed E-state index contributed by atoms with van der Waals surface area (Å²) in [6.45, 7) is -0.314. The molecule has 0 aromatic heterocycles. The molecule has 2 N–H and O–H groups in total. The third-order valence-electron chi connectivity index (χ3n) is 6.59. The Hall–Kier alpha value is -3.31. The van der Waals surface area contributed by atoms with Crippen molar-refractivity contribution >= 4 is 17.9 Å². The van der Waals surface area contributed by atoms with E-state index in [1.165, 1.54) is 7.11 Å². The maximum atomic E-state index is 12.9. The highest BCUT2D eigenvalue weighted by Gasteiger charge is 2.50. The van der Waals surface area contributed by atoms with Crippen molar-refractivity contribution < 1.29 is 48.3 Å². The van der Waals surface area contributed by atoms with Gasteiger partial charge in [0.25, 0.3) is 0 Å². The van der Waals surface area contributed by atoms with Gasteiger partial charge in [0.1, 0.15) is 12.2 Å². The highest BCUT2D eigenvalue weighted by Crippen LogP contribution is 2.29. The molecular weight excluding hydrogens is 520 g/mol. The molecule has 2 aromatic rings. The van der Waals surface area contributed by atoms with Crippen molar-refractivity contribution in [1.82, 2.24) is 0 Å².